The van der Waals surface area contributed by atoms with Gasteiger partial charge in [0.25, 0.3) is 5.91 Å². The summed E-state index contributed by atoms with van der Waals surface area (Å²) in [5.74, 6) is -0.0422. The van der Waals surface area contributed by atoms with E-state index in [1.807, 2.05) is 0 Å². The molecule has 2 nitrogen and oxygen atoms in total. The maximum Gasteiger partial charge on any atom is 0.266 e. The monoisotopic (exact) mass is 345 g/mol. The first-order valence-corrected chi connectivity index (χ1v) is 8.21. The number of unbranched alkanes of at least 4 members (excludes halogenated alkanes) is 1. The van der Waals surface area contributed by atoms with E-state index < -0.39 is 0 Å². The second kappa shape index (κ2) is 6.94. The van der Waals surface area contributed by atoms with Gasteiger partial charge in [0, 0.05) is 16.6 Å². The molecule has 1 aliphatic heterocycles. The van der Waals surface area contributed by atoms with Crippen LogP contribution in [0.2, 0.25) is 10.0 Å². The molecular weight excluding hydrogens is 333 g/mol. The number of thiocarbonyl (C=S) groups is 1. The maximum absolute atomic E-state index is 12.3. The molecule has 1 saturated heterocycles. The van der Waals surface area contributed by atoms with Gasteiger partial charge in [-0.1, -0.05) is 66.6 Å². The number of nitrogens with zero attached hydrogens (tertiary/aromatic N) is 1. The summed E-state index contributed by atoms with van der Waals surface area (Å²) >= 11 is 18.5. The van der Waals surface area contributed by atoms with Gasteiger partial charge in [0.1, 0.15) is 4.32 Å². The van der Waals surface area contributed by atoms with Crippen LogP contribution in [0.25, 0.3) is 6.08 Å². The van der Waals surface area contributed by atoms with Crippen LogP contribution >= 0.6 is 47.2 Å². The smallest absolute Gasteiger partial charge is 0.266 e. The van der Waals surface area contributed by atoms with Crippen molar-refractivity contribution in [3.05, 3.63) is 38.7 Å². The lowest BCUT2D eigenvalue weighted by Crippen LogP contribution is -2.28. The van der Waals surface area contributed by atoms with Gasteiger partial charge in [-0.2, -0.15) is 0 Å². The Balaban J connectivity index is 2.23. The molecule has 0 saturated carbocycles. The third-order valence-electron chi connectivity index (χ3n) is 2.86. The Labute approximate surface area is 138 Å². The highest BCUT2D eigenvalue weighted by Crippen LogP contribution is 2.34. The SMILES string of the molecule is CCCCN1C(=O)C(=Cc2ccc(Cl)cc2Cl)SC1=S. The molecule has 1 aliphatic rings. The van der Waals surface area contributed by atoms with Crippen LogP contribution in [0.3, 0.4) is 0 Å². The fourth-order valence-corrected chi connectivity index (χ4v) is 3.53. The average molecular weight is 346 g/mol. The van der Waals surface area contributed by atoms with Gasteiger partial charge in [-0.3, -0.25) is 9.69 Å². The van der Waals surface area contributed by atoms with Crippen molar-refractivity contribution in [2.24, 2.45) is 0 Å². The molecule has 1 fully saturated rings. The molecule has 106 valence electrons. The standard InChI is InChI=1S/C14H13Cl2NOS2/c1-2-3-6-17-13(18)12(20-14(17)19)7-9-4-5-10(15)8-11(9)16/h4-5,7-8H,2-3,6H2,1H3. The van der Waals surface area contributed by atoms with Crippen LogP contribution in [0.1, 0.15) is 25.3 Å². The van der Waals surface area contributed by atoms with Crippen molar-refractivity contribution in [3.63, 3.8) is 0 Å². The van der Waals surface area contributed by atoms with Gasteiger partial charge >= 0.3 is 0 Å². The second-order valence-electron chi connectivity index (χ2n) is 4.35. The third-order valence-corrected chi connectivity index (χ3v) is 4.80. The first-order chi connectivity index (χ1) is 9.52. The highest BCUT2D eigenvalue weighted by Gasteiger charge is 2.31. The zero-order valence-electron chi connectivity index (χ0n) is 10.9. The van der Waals surface area contributed by atoms with E-state index in [2.05, 4.69) is 6.92 Å². The van der Waals surface area contributed by atoms with E-state index >= 15 is 0 Å². The van der Waals surface area contributed by atoms with Crippen LogP contribution in [-0.4, -0.2) is 21.7 Å². The topological polar surface area (TPSA) is 20.3 Å². The first-order valence-electron chi connectivity index (χ1n) is 6.23. The summed E-state index contributed by atoms with van der Waals surface area (Å²) in [6.45, 7) is 2.76. The van der Waals surface area contributed by atoms with E-state index in [1.54, 1.807) is 29.2 Å². The van der Waals surface area contributed by atoms with Gasteiger partial charge in [0.05, 0.1) is 4.91 Å². The molecule has 0 bridgehead atoms. The zero-order chi connectivity index (χ0) is 14.7. The Bertz CT molecular complexity index is 587. The molecule has 1 aromatic carbocycles. The molecule has 0 N–H and O–H groups in total. The van der Waals surface area contributed by atoms with Gasteiger partial charge in [0.2, 0.25) is 0 Å². The summed E-state index contributed by atoms with van der Waals surface area (Å²) in [6, 6.07) is 5.20. The van der Waals surface area contributed by atoms with Crippen molar-refractivity contribution in [1.29, 1.82) is 0 Å². The van der Waals surface area contributed by atoms with Gasteiger partial charge in [0.15, 0.2) is 0 Å². The number of carbonyl (C=O) groups is 1. The first kappa shape index (κ1) is 15.8. The summed E-state index contributed by atoms with van der Waals surface area (Å²) in [5.41, 5.74) is 0.770. The van der Waals surface area contributed by atoms with Gasteiger partial charge in [-0.05, 0) is 30.2 Å². The zero-order valence-corrected chi connectivity index (χ0v) is 14.0. The fraction of sp³-hybridized carbons (Fsp3) is 0.286. The quantitative estimate of drug-likeness (QED) is 0.566. The normalized spacial score (nSPS) is 17.4. The Hall–Kier alpha value is -0.550. The summed E-state index contributed by atoms with van der Waals surface area (Å²) in [5, 5.41) is 1.10. The minimum absolute atomic E-state index is 0.0422. The van der Waals surface area contributed by atoms with Crippen LogP contribution in [-0.2, 0) is 4.79 Å². The van der Waals surface area contributed by atoms with E-state index in [1.165, 1.54) is 11.8 Å². The highest BCUT2D eigenvalue weighted by molar-refractivity contribution is 8.26. The van der Waals surface area contributed by atoms with Crippen molar-refractivity contribution in [2.75, 3.05) is 6.54 Å². The lowest BCUT2D eigenvalue weighted by atomic mass is 10.2. The number of halogens is 2. The summed E-state index contributed by atoms with van der Waals surface area (Å²) < 4.78 is 0.611. The summed E-state index contributed by atoms with van der Waals surface area (Å²) in [7, 11) is 0. The Morgan fingerprint density at radius 2 is 2.15 bits per heavy atom. The second-order valence-corrected chi connectivity index (χ2v) is 6.87. The Morgan fingerprint density at radius 3 is 2.80 bits per heavy atom. The lowest BCUT2D eigenvalue weighted by molar-refractivity contribution is -0.122. The minimum Gasteiger partial charge on any atom is -0.293 e. The molecule has 0 unspecified atom stereocenters. The number of amides is 1. The van der Waals surface area contributed by atoms with Crippen LogP contribution in [0.4, 0.5) is 0 Å². The van der Waals surface area contributed by atoms with Gasteiger partial charge in [-0.25, -0.2) is 0 Å². The van der Waals surface area contributed by atoms with Gasteiger partial charge in [-0.15, -0.1) is 0 Å². The van der Waals surface area contributed by atoms with E-state index in [-0.39, 0.29) is 5.91 Å². The number of carbonyl (C=O) groups excluding carboxylic acids is 1. The van der Waals surface area contributed by atoms with E-state index in [0.29, 0.717) is 25.8 Å². The summed E-state index contributed by atoms with van der Waals surface area (Å²) in [4.78, 5) is 14.5. The lowest BCUT2D eigenvalue weighted by Gasteiger charge is -2.13. The molecule has 1 heterocycles. The van der Waals surface area contributed by atoms with Crippen molar-refractivity contribution >= 4 is 63.5 Å². The molecule has 0 aromatic heterocycles. The molecule has 2 rings (SSSR count). The minimum atomic E-state index is -0.0422. The molecular formula is C14H13Cl2NOS2. The number of hydrogen-bond donors (Lipinski definition) is 0. The van der Waals surface area contributed by atoms with Crippen molar-refractivity contribution in [1.82, 2.24) is 4.90 Å². The van der Waals surface area contributed by atoms with E-state index in [4.69, 9.17) is 35.4 Å². The Morgan fingerprint density at radius 1 is 1.40 bits per heavy atom. The van der Waals surface area contributed by atoms with Crippen LogP contribution in [0.15, 0.2) is 23.1 Å². The summed E-state index contributed by atoms with van der Waals surface area (Å²) in [6.07, 6.45) is 3.74. The number of benzene rings is 1. The van der Waals surface area contributed by atoms with Crippen molar-refractivity contribution in [2.45, 2.75) is 19.8 Å². The van der Waals surface area contributed by atoms with Crippen molar-refractivity contribution in [3.8, 4) is 0 Å². The molecule has 1 amide bonds. The number of rotatable bonds is 4. The third kappa shape index (κ3) is 3.55. The number of thioether (sulfide) groups is 1. The average Bonchev–Trinajstić information content (AvgIpc) is 2.66. The van der Waals surface area contributed by atoms with Crippen LogP contribution < -0.4 is 0 Å². The van der Waals surface area contributed by atoms with Crippen molar-refractivity contribution < 1.29 is 4.79 Å². The fourth-order valence-electron chi connectivity index (χ4n) is 1.77. The highest BCUT2D eigenvalue weighted by atomic mass is 35.5. The molecule has 0 radical (unpaired) electrons. The van der Waals surface area contributed by atoms with E-state index in [9.17, 15) is 4.79 Å². The molecule has 0 atom stereocenters. The predicted octanol–water partition coefficient (Wildman–Crippen LogP) is 4.99. The number of hydrogen-bond acceptors (Lipinski definition) is 3. The molecule has 20 heavy (non-hydrogen) atoms. The predicted molar refractivity (Wildman–Crippen MR) is 91.2 cm³/mol. The Kier molecular flexibility index (Phi) is 5.49. The molecule has 0 aliphatic carbocycles. The van der Waals surface area contributed by atoms with Crippen LogP contribution in [0.5, 0.6) is 0 Å². The molecule has 0 spiro atoms. The molecule has 1 aromatic rings. The maximum atomic E-state index is 12.3. The van der Waals surface area contributed by atoms with Crippen LogP contribution in [0, 0.1) is 0 Å². The molecule has 6 heteroatoms. The van der Waals surface area contributed by atoms with E-state index in [0.717, 1.165) is 18.4 Å². The van der Waals surface area contributed by atoms with Gasteiger partial charge < -0.3 is 0 Å². The largest absolute Gasteiger partial charge is 0.293 e.